The van der Waals surface area contributed by atoms with Crippen molar-refractivity contribution in [3.05, 3.63) is 59.7 Å². The van der Waals surface area contributed by atoms with E-state index in [9.17, 15) is 13.6 Å². The van der Waals surface area contributed by atoms with Gasteiger partial charge in [0, 0.05) is 36.1 Å². The van der Waals surface area contributed by atoms with Crippen molar-refractivity contribution in [2.45, 2.75) is 25.7 Å². The normalized spacial score (nSPS) is 14.3. The summed E-state index contributed by atoms with van der Waals surface area (Å²) in [5.74, 6) is -0.478. The second kappa shape index (κ2) is 6.90. The molecular weight excluding hydrogens is 334 g/mol. The van der Waals surface area contributed by atoms with E-state index in [-0.39, 0.29) is 17.5 Å². The number of aromatic amines is 1. The van der Waals surface area contributed by atoms with Gasteiger partial charge in [0.25, 0.3) is 0 Å². The number of aryl methyl sites for hydroxylation is 1. The summed E-state index contributed by atoms with van der Waals surface area (Å²) in [7, 11) is 0. The number of fused-ring (bicyclic) bond motifs is 1. The van der Waals surface area contributed by atoms with Crippen molar-refractivity contribution in [2.24, 2.45) is 0 Å². The molecule has 3 aromatic rings. The molecule has 2 aromatic carbocycles. The summed E-state index contributed by atoms with van der Waals surface area (Å²) in [4.78, 5) is 17.6. The van der Waals surface area contributed by atoms with Crippen molar-refractivity contribution >= 4 is 16.8 Å². The third-order valence-corrected chi connectivity index (χ3v) is 5.05. The van der Waals surface area contributed by atoms with Crippen LogP contribution in [0.25, 0.3) is 22.2 Å². The second-order valence-electron chi connectivity index (χ2n) is 6.76. The van der Waals surface area contributed by atoms with Gasteiger partial charge in [0.2, 0.25) is 5.91 Å². The van der Waals surface area contributed by atoms with Crippen molar-refractivity contribution in [2.75, 3.05) is 13.1 Å². The molecule has 1 N–H and O–H groups in total. The molecule has 3 nitrogen and oxygen atoms in total. The number of carbonyl (C=O) groups is 1. The SMILES string of the molecule is O=C(CCc1c(-c2ccc(F)cc2)[nH]c2ccc(F)cc12)N1CCCC1. The Balaban J connectivity index is 1.70. The molecule has 2 heterocycles. The van der Waals surface area contributed by atoms with Crippen LogP contribution in [0, 0.1) is 11.6 Å². The Morgan fingerprint density at radius 1 is 1.00 bits per heavy atom. The van der Waals surface area contributed by atoms with Gasteiger partial charge in [-0.2, -0.15) is 0 Å². The van der Waals surface area contributed by atoms with Gasteiger partial charge < -0.3 is 9.88 Å². The van der Waals surface area contributed by atoms with Gasteiger partial charge >= 0.3 is 0 Å². The van der Waals surface area contributed by atoms with Crippen LogP contribution in [0.4, 0.5) is 8.78 Å². The maximum Gasteiger partial charge on any atom is 0.222 e. The third-order valence-electron chi connectivity index (χ3n) is 5.05. The number of hydrogen-bond acceptors (Lipinski definition) is 1. The Morgan fingerprint density at radius 2 is 1.69 bits per heavy atom. The highest BCUT2D eigenvalue weighted by atomic mass is 19.1. The van der Waals surface area contributed by atoms with Crippen LogP contribution in [0.2, 0.25) is 0 Å². The number of hydrogen-bond donors (Lipinski definition) is 1. The molecule has 1 aliphatic heterocycles. The first-order valence-corrected chi connectivity index (χ1v) is 8.95. The van der Waals surface area contributed by atoms with Gasteiger partial charge in [0.1, 0.15) is 11.6 Å². The summed E-state index contributed by atoms with van der Waals surface area (Å²) in [6, 6.07) is 10.8. The molecule has 1 fully saturated rings. The lowest BCUT2D eigenvalue weighted by atomic mass is 10.0. The Labute approximate surface area is 150 Å². The molecule has 0 unspecified atom stereocenters. The van der Waals surface area contributed by atoms with Crippen LogP contribution in [-0.4, -0.2) is 28.9 Å². The van der Waals surface area contributed by atoms with Crippen LogP contribution in [0.15, 0.2) is 42.5 Å². The number of nitrogens with zero attached hydrogens (tertiary/aromatic N) is 1. The molecule has 5 heteroatoms. The molecule has 0 bridgehead atoms. The van der Waals surface area contributed by atoms with E-state index in [1.165, 1.54) is 24.3 Å². The lowest BCUT2D eigenvalue weighted by molar-refractivity contribution is -0.130. The molecule has 0 saturated carbocycles. The zero-order valence-corrected chi connectivity index (χ0v) is 14.4. The number of amides is 1. The Morgan fingerprint density at radius 3 is 2.42 bits per heavy atom. The maximum atomic E-state index is 13.8. The summed E-state index contributed by atoms with van der Waals surface area (Å²) in [5, 5.41) is 0.776. The first kappa shape index (κ1) is 16.8. The van der Waals surface area contributed by atoms with Crippen molar-refractivity contribution in [3.63, 3.8) is 0 Å². The highest BCUT2D eigenvalue weighted by Crippen LogP contribution is 2.32. The standard InChI is InChI=1S/C21H20F2N2O/c22-15-5-3-14(4-6-15)21-17(8-10-20(26)25-11-1-2-12-25)18-13-16(23)7-9-19(18)24-21/h3-7,9,13,24H,1-2,8,10-12H2. The molecule has 1 saturated heterocycles. The largest absolute Gasteiger partial charge is 0.354 e. The van der Waals surface area contributed by atoms with Crippen molar-refractivity contribution in [3.8, 4) is 11.3 Å². The quantitative estimate of drug-likeness (QED) is 0.726. The van der Waals surface area contributed by atoms with Crippen molar-refractivity contribution in [1.29, 1.82) is 0 Å². The van der Waals surface area contributed by atoms with E-state index in [1.54, 1.807) is 18.2 Å². The minimum absolute atomic E-state index is 0.137. The van der Waals surface area contributed by atoms with Crippen LogP contribution in [-0.2, 0) is 11.2 Å². The zero-order chi connectivity index (χ0) is 18.1. The highest BCUT2D eigenvalue weighted by molar-refractivity contribution is 5.91. The fourth-order valence-electron chi connectivity index (χ4n) is 3.70. The fraction of sp³-hybridized carbons (Fsp3) is 0.286. The minimum Gasteiger partial charge on any atom is -0.354 e. The number of carbonyl (C=O) groups excluding carboxylic acids is 1. The smallest absolute Gasteiger partial charge is 0.222 e. The average Bonchev–Trinajstić information content (AvgIpc) is 3.28. The van der Waals surface area contributed by atoms with Gasteiger partial charge in [-0.1, -0.05) is 0 Å². The first-order valence-electron chi connectivity index (χ1n) is 8.95. The molecule has 0 radical (unpaired) electrons. The number of aromatic nitrogens is 1. The number of nitrogens with one attached hydrogen (secondary N) is 1. The summed E-state index contributed by atoms with van der Waals surface area (Å²) in [6.45, 7) is 1.65. The van der Waals surface area contributed by atoms with Gasteiger partial charge in [-0.25, -0.2) is 8.78 Å². The first-order chi connectivity index (χ1) is 12.6. The van der Waals surface area contributed by atoms with Crippen LogP contribution in [0.3, 0.4) is 0 Å². The van der Waals surface area contributed by atoms with Crippen molar-refractivity contribution < 1.29 is 13.6 Å². The van der Waals surface area contributed by atoms with Gasteiger partial charge in [0.05, 0.1) is 0 Å². The molecule has 1 aliphatic rings. The van der Waals surface area contributed by atoms with Gasteiger partial charge in [-0.05, 0) is 72.9 Å². The van der Waals surface area contributed by atoms with Gasteiger partial charge in [-0.3, -0.25) is 4.79 Å². The maximum absolute atomic E-state index is 13.8. The summed E-state index contributed by atoms with van der Waals surface area (Å²) in [5.41, 5.74) is 3.36. The third kappa shape index (κ3) is 3.21. The summed E-state index contributed by atoms with van der Waals surface area (Å²) in [6.07, 6.45) is 3.03. The van der Waals surface area contributed by atoms with Gasteiger partial charge in [0.15, 0.2) is 0 Å². The predicted molar refractivity (Wildman–Crippen MR) is 97.8 cm³/mol. The number of benzene rings is 2. The molecule has 0 atom stereocenters. The Hall–Kier alpha value is -2.69. The van der Waals surface area contributed by atoms with E-state index < -0.39 is 0 Å². The topological polar surface area (TPSA) is 36.1 Å². The van der Waals surface area contributed by atoms with Crippen LogP contribution in [0.5, 0.6) is 0 Å². The van der Waals surface area contributed by atoms with E-state index in [0.717, 1.165) is 53.7 Å². The molecule has 0 spiro atoms. The fourth-order valence-corrected chi connectivity index (χ4v) is 3.70. The average molecular weight is 354 g/mol. The Bertz CT molecular complexity index is 941. The molecular formula is C21H20F2N2O. The van der Waals surface area contributed by atoms with E-state index in [0.29, 0.717) is 12.8 Å². The molecule has 1 aromatic heterocycles. The van der Waals surface area contributed by atoms with Crippen LogP contribution in [0.1, 0.15) is 24.8 Å². The molecule has 26 heavy (non-hydrogen) atoms. The van der Waals surface area contributed by atoms with Gasteiger partial charge in [-0.15, -0.1) is 0 Å². The number of halogens is 2. The lowest BCUT2D eigenvalue weighted by Gasteiger charge is -2.15. The van der Waals surface area contributed by atoms with Crippen LogP contribution >= 0.6 is 0 Å². The van der Waals surface area contributed by atoms with E-state index >= 15 is 0 Å². The lowest BCUT2D eigenvalue weighted by Crippen LogP contribution is -2.27. The number of H-pyrrole nitrogens is 1. The predicted octanol–water partition coefficient (Wildman–Crippen LogP) is 4.67. The van der Waals surface area contributed by atoms with E-state index in [1.807, 2.05) is 4.90 Å². The second-order valence-corrected chi connectivity index (χ2v) is 6.76. The number of rotatable bonds is 4. The summed E-state index contributed by atoms with van der Waals surface area (Å²) >= 11 is 0. The number of likely N-dealkylation sites (tertiary alicyclic amines) is 1. The molecule has 134 valence electrons. The zero-order valence-electron chi connectivity index (χ0n) is 14.4. The van der Waals surface area contributed by atoms with Crippen LogP contribution < -0.4 is 0 Å². The minimum atomic E-state index is -0.311. The van der Waals surface area contributed by atoms with E-state index in [4.69, 9.17) is 0 Å². The van der Waals surface area contributed by atoms with E-state index in [2.05, 4.69) is 4.98 Å². The summed E-state index contributed by atoms with van der Waals surface area (Å²) < 4.78 is 27.1. The highest BCUT2D eigenvalue weighted by Gasteiger charge is 2.20. The molecule has 4 rings (SSSR count). The van der Waals surface area contributed by atoms with Crippen molar-refractivity contribution in [1.82, 2.24) is 9.88 Å². The Kier molecular flexibility index (Phi) is 4.45. The molecule has 0 aliphatic carbocycles. The molecule has 1 amide bonds. The monoisotopic (exact) mass is 354 g/mol.